The van der Waals surface area contributed by atoms with Crippen LogP contribution >= 0.6 is 0 Å². The number of hydrogen-bond donors (Lipinski definition) is 1. The van der Waals surface area contributed by atoms with Crippen LogP contribution in [-0.4, -0.2) is 43.1 Å². The van der Waals surface area contributed by atoms with Crippen LogP contribution in [0.25, 0.3) is 17.0 Å². The number of rotatable bonds is 10. The van der Waals surface area contributed by atoms with Gasteiger partial charge in [-0.2, -0.15) is 0 Å². The van der Waals surface area contributed by atoms with Gasteiger partial charge in [0.05, 0.1) is 7.11 Å². The Morgan fingerprint density at radius 1 is 1.00 bits per heavy atom. The van der Waals surface area contributed by atoms with Crippen LogP contribution in [0.5, 0.6) is 5.75 Å². The summed E-state index contributed by atoms with van der Waals surface area (Å²) in [5, 5.41) is 4.18. The number of fused-ring (bicyclic) bond motifs is 1. The molecule has 4 rings (SSSR count). The number of aromatic nitrogens is 1. The molecule has 1 N–H and O–H groups in total. The monoisotopic (exact) mass is 467 g/mol. The van der Waals surface area contributed by atoms with E-state index in [4.69, 9.17) is 4.74 Å². The molecule has 4 aromatic rings. The Morgan fingerprint density at radius 3 is 2.49 bits per heavy atom. The minimum absolute atomic E-state index is 0.115. The van der Waals surface area contributed by atoms with E-state index >= 15 is 0 Å². The Kier molecular flexibility index (Phi) is 8.01. The molecule has 0 bridgehead atoms. The highest BCUT2D eigenvalue weighted by Crippen LogP contribution is 2.25. The topological polar surface area (TPSA) is 46.5 Å². The summed E-state index contributed by atoms with van der Waals surface area (Å²) in [5.41, 5.74) is 5.86. The molecule has 1 amide bonds. The molecule has 5 heteroatoms. The summed E-state index contributed by atoms with van der Waals surface area (Å²) in [6.45, 7) is 2.30. The number of ether oxygens (including phenoxy) is 1. The number of carbonyl (C=O) groups excluding carboxylic acids is 1. The number of nitrogens with zero attached hydrogens (tertiary/aromatic N) is 2. The highest BCUT2D eigenvalue weighted by atomic mass is 16.5. The Balaban J connectivity index is 1.49. The number of likely N-dealkylation sites (N-methyl/N-ethyl adjacent to an activating group) is 1. The van der Waals surface area contributed by atoms with Crippen molar-refractivity contribution in [1.82, 2.24) is 14.8 Å². The second-order valence-corrected chi connectivity index (χ2v) is 9.00. The Morgan fingerprint density at radius 2 is 1.77 bits per heavy atom. The highest BCUT2D eigenvalue weighted by Gasteiger charge is 2.10. The van der Waals surface area contributed by atoms with Crippen molar-refractivity contribution < 1.29 is 9.53 Å². The van der Waals surface area contributed by atoms with Crippen molar-refractivity contribution in [1.29, 1.82) is 0 Å². The summed E-state index contributed by atoms with van der Waals surface area (Å²) in [6.07, 6.45) is 6.73. The molecule has 0 aliphatic heterocycles. The van der Waals surface area contributed by atoms with E-state index in [0.29, 0.717) is 6.54 Å². The van der Waals surface area contributed by atoms with E-state index in [9.17, 15) is 4.79 Å². The van der Waals surface area contributed by atoms with Gasteiger partial charge in [0.15, 0.2) is 0 Å². The van der Waals surface area contributed by atoms with E-state index in [2.05, 4.69) is 77.5 Å². The molecule has 0 aliphatic rings. The normalized spacial score (nSPS) is 11.4. The van der Waals surface area contributed by atoms with E-state index in [-0.39, 0.29) is 5.91 Å². The Hall–Kier alpha value is -3.83. The lowest BCUT2D eigenvalue weighted by Crippen LogP contribution is -2.20. The van der Waals surface area contributed by atoms with Crippen LogP contribution in [0.2, 0.25) is 0 Å². The van der Waals surface area contributed by atoms with Gasteiger partial charge in [-0.15, -0.1) is 0 Å². The first-order chi connectivity index (χ1) is 17.0. The van der Waals surface area contributed by atoms with Crippen LogP contribution in [-0.2, 0) is 24.3 Å². The lowest BCUT2D eigenvalue weighted by molar-refractivity contribution is -0.116. The summed E-state index contributed by atoms with van der Waals surface area (Å²) in [5.74, 6) is 0.688. The second kappa shape index (κ2) is 11.5. The number of benzene rings is 3. The highest BCUT2D eigenvalue weighted by molar-refractivity contribution is 5.93. The number of nitrogens with one attached hydrogen (secondary N) is 1. The van der Waals surface area contributed by atoms with Gasteiger partial charge in [0.1, 0.15) is 5.75 Å². The molecule has 0 saturated carbocycles. The van der Waals surface area contributed by atoms with E-state index in [1.54, 1.807) is 13.2 Å². The molecule has 1 heterocycles. The quantitative estimate of drug-likeness (QED) is 0.329. The van der Waals surface area contributed by atoms with E-state index in [1.807, 2.05) is 36.4 Å². The molecule has 3 aromatic carbocycles. The average molecular weight is 468 g/mol. The summed E-state index contributed by atoms with van der Waals surface area (Å²) >= 11 is 0. The van der Waals surface area contributed by atoms with Gasteiger partial charge in [-0.3, -0.25) is 4.79 Å². The molecular formula is C30H33N3O2. The predicted octanol–water partition coefficient (Wildman–Crippen LogP) is 5.13. The number of carbonyl (C=O) groups is 1. The third-order valence-corrected chi connectivity index (χ3v) is 6.06. The van der Waals surface area contributed by atoms with Gasteiger partial charge in [-0.1, -0.05) is 48.5 Å². The van der Waals surface area contributed by atoms with Gasteiger partial charge in [-0.25, -0.2) is 0 Å². The first kappa shape index (κ1) is 24.3. The third kappa shape index (κ3) is 6.61. The molecule has 1 aromatic heterocycles. The standard InChI is InChI=1S/C30H33N3O2/c1-32(2)18-17-26-22-33(21-25-7-5-4-6-8-25)29-15-11-23(19-28(26)29)12-16-30(34)31-20-24-9-13-27(35-3)14-10-24/h4-16,19,22H,17-18,20-21H2,1-3H3,(H,31,34)/b16-12+. The lowest BCUT2D eigenvalue weighted by Gasteiger charge is -2.08. The maximum atomic E-state index is 12.4. The molecule has 0 radical (unpaired) electrons. The van der Waals surface area contributed by atoms with Gasteiger partial charge < -0.3 is 19.5 Å². The van der Waals surface area contributed by atoms with Crippen molar-refractivity contribution in [2.45, 2.75) is 19.5 Å². The first-order valence-electron chi connectivity index (χ1n) is 11.9. The summed E-state index contributed by atoms with van der Waals surface area (Å²) in [6, 6.07) is 24.6. The molecule has 0 fully saturated rings. The molecule has 5 nitrogen and oxygen atoms in total. The number of amides is 1. The average Bonchev–Trinajstić information content (AvgIpc) is 3.22. The van der Waals surface area contributed by atoms with Crippen LogP contribution in [0.1, 0.15) is 22.3 Å². The van der Waals surface area contributed by atoms with Gasteiger partial charge >= 0.3 is 0 Å². The predicted molar refractivity (Wildman–Crippen MR) is 144 cm³/mol. The fraction of sp³-hybridized carbons (Fsp3) is 0.233. The molecule has 0 spiro atoms. The van der Waals surface area contributed by atoms with E-state index in [1.165, 1.54) is 22.0 Å². The summed E-state index contributed by atoms with van der Waals surface area (Å²) < 4.78 is 7.50. The fourth-order valence-corrected chi connectivity index (χ4v) is 4.11. The van der Waals surface area contributed by atoms with Crippen LogP contribution in [0.15, 0.2) is 85.1 Å². The van der Waals surface area contributed by atoms with Crippen molar-refractivity contribution in [2.24, 2.45) is 0 Å². The fourth-order valence-electron chi connectivity index (χ4n) is 4.11. The maximum Gasteiger partial charge on any atom is 0.244 e. The molecule has 0 unspecified atom stereocenters. The minimum Gasteiger partial charge on any atom is -0.497 e. The summed E-state index contributed by atoms with van der Waals surface area (Å²) in [7, 11) is 5.84. The number of methoxy groups -OCH3 is 1. The molecule has 0 atom stereocenters. The van der Waals surface area contributed by atoms with E-state index in [0.717, 1.165) is 36.4 Å². The lowest BCUT2D eigenvalue weighted by atomic mass is 10.1. The zero-order valence-electron chi connectivity index (χ0n) is 20.7. The van der Waals surface area contributed by atoms with E-state index < -0.39 is 0 Å². The smallest absolute Gasteiger partial charge is 0.244 e. The van der Waals surface area contributed by atoms with Crippen LogP contribution in [0.4, 0.5) is 0 Å². The van der Waals surface area contributed by atoms with Crippen molar-refractivity contribution in [3.63, 3.8) is 0 Å². The molecule has 0 aliphatic carbocycles. The van der Waals surface area contributed by atoms with Crippen molar-refractivity contribution in [2.75, 3.05) is 27.7 Å². The molecular weight excluding hydrogens is 434 g/mol. The molecule has 35 heavy (non-hydrogen) atoms. The van der Waals surface area contributed by atoms with Crippen LogP contribution in [0.3, 0.4) is 0 Å². The largest absolute Gasteiger partial charge is 0.497 e. The van der Waals surface area contributed by atoms with Gasteiger partial charge in [0.25, 0.3) is 0 Å². The van der Waals surface area contributed by atoms with Crippen molar-refractivity contribution >= 4 is 22.9 Å². The zero-order chi connectivity index (χ0) is 24.6. The Bertz CT molecular complexity index is 1290. The molecule has 0 saturated heterocycles. The van der Waals surface area contributed by atoms with Gasteiger partial charge in [0, 0.05) is 42.8 Å². The number of hydrogen-bond acceptors (Lipinski definition) is 3. The third-order valence-electron chi connectivity index (χ3n) is 6.06. The van der Waals surface area contributed by atoms with Crippen LogP contribution in [0, 0.1) is 0 Å². The minimum atomic E-state index is -0.115. The molecule has 180 valence electrons. The second-order valence-electron chi connectivity index (χ2n) is 9.00. The van der Waals surface area contributed by atoms with Crippen LogP contribution < -0.4 is 10.1 Å². The first-order valence-corrected chi connectivity index (χ1v) is 11.9. The van der Waals surface area contributed by atoms with Gasteiger partial charge in [-0.05, 0) is 73.1 Å². The maximum absolute atomic E-state index is 12.4. The SMILES string of the molecule is COc1ccc(CNC(=O)/C=C/c2ccc3c(c2)c(CCN(C)C)cn3Cc2ccccc2)cc1. The summed E-state index contributed by atoms with van der Waals surface area (Å²) in [4.78, 5) is 14.6. The van der Waals surface area contributed by atoms with Gasteiger partial charge in [0.2, 0.25) is 5.91 Å². The zero-order valence-corrected chi connectivity index (χ0v) is 20.7. The van der Waals surface area contributed by atoms with Crippen molar-refractivity contribution in [3.05, 3.63) is 107 Å². The van der Waals surface area contributed by atoms with Crippen molar-refractivity contribution in [3.8, 4) is 5.75 Å². The Labute approximate surface area is 207 Å².